The average molecular weight is 398 g/mol. The first-order valence-corrected chi connectivity index (χ1v) is 7.48. The van der Waals surface area contributed by atoms with Gasteiger partial charge >= 0.3 is 0 Å². The van der Waals surface area contributed by atoms with E-state index in [1.54, 1.807) is 0 Å². The molecule has 0 radical (unpaired) electrons. The highest BCUT2D eigenvalue weighted by molar-refractivity contribution is 14.0. The summed E-state index contributed by atoms with van der Waals surface area (Å²) in [5.41, 5.74) is 8.31. The quantitative estimate of drug-likeness (QED) is 0.424. The Labute approximate surface area is 149 Å². The van der Waals surface area contributed by atoms with Gasteiger partial charge in [-0.05, 0) is 39.4 Å². The first kappa shape index (κ1) is 15.3. The lowest BCUT2D eigenvalue weighted by molar-refractivity contribution is 0.660. The summed E-state index contributed by atoms with van der Waals surface area (Å²) in [7, 11) is 0. The maximum atomic E-state index is 2.37. The zero-order chi connectivity index (χ0) is 14.4. The van der Waals surface area contributed by atoms with E-state index < -0.39 is 0 Å². The van der Waals surface area contributed by atoms with E-state index in [2.05, 4.69) is 86.6 Å². The van der Waals surface area contributed by atoms with Crippen LogP contribution in [0.4, 0.5) is 0 Å². The lowest BCUT2D eigenvalue weighted by Gasteiger charge is -2.22. The van der Waals surface area contributed by atoms with E-state index >= 15 is 0 Å². The monoisotopic (exact) mass is 398 g/mol. The van der Waals surface area contributed by atoms with Crippen LogP contribution in [0.5, 0.6) is 0 Å². The van der Waals surface area contributed by atoms with Crippen molar-refractivity contribution in [2.45, 2.75) is 19.3 Å². The highest BCUT2D eigenvalue weighted by atomic mass is 127. The van der Waals surface area contributed by atoms with Crippen molar-refractivity contribution in [3.8, 4) is 22.3 Å². The van der Waals surface area contributed by atoms with Crippen molar-refractivity contribution in [3.63, 3.8) is 0 Å². The van der Waals surface area contributed by atoms with E-state index in [1.165, 1.54) is 33.4 Å². The smallest absolute Gasteiger partial charge is 0.0159 e. The van der Waals surface area contributed by atoms with Crippen LogP contribution < -0.4 is 0 Å². The summed E-state index contributed by atoms with van der Waals surface area (Å²) in [4.78, 5) is 0. The van der Waals surface area contributed by atoms with Crippen LogP contribution in [-0.4, -0.2) is 0 Å². The predicted molar refractivity (Wildman–Crippen MR) is 105 cm³/mol. The molecular weight excluding hydrogens is 379 g/mol. The zero-order valence-electron chi connectivity index (χ0n) is 12.8. The molecule has 0 atom stereocenters. The molecule has 1 heteroatoms. The van der Waals surface area contributed by atoms with Crippen molar-refractivity contribution in [1.82, 2.24) is 0 Å². The van der Waals surface area contributed by atoms with Gasteiger partial charge in [-0.1, -0.05) is 80.6 Å². The summed E-state index contributed by atoms with van der Waals surface area (Å²) in [5, 5.41) is 0. The number of hydrogen-bond acceptors (Lipinski definition) is 0. The molecule has 1 aliphatic rings. The summed E-state index contributed by atoms with van der Waals surface area (Å²) in [6, 6.07) is 26.3. The molecule has 0 N–H and O–H groups in total. The van der Waals surface area contributed by atoms with Crippen molar-refractivity contribution in [2.75, 3.05) is 0 Å². The Morgan fingerprint density at radius 2 is 1.23 bits per heavy atom. The van der Waals surface area contributed by atoms with Gasteiger partial charge in [-0.25, -0.2) is 0 Å². The summed E-state index contributed by atoms with van der Waals surface area (Å²) in [6.45, 7) is 4.65. The summed E-state index contributed by atoms with van der Waals surface area (Å²) < 4.78 is 0. The van der Waals surface area contributed by atoms with E-state index in [0.717, 1.165) is 0 Å². The van der Waals surface area contributed by atoms with Crippen LogP contribution >= 0.6 is 24.0 Å². The number of benzene rings is 3. The predicted octanol–water partition coefficient (Wildman–Crippen LogP) is 6.28. The van der Waals surface area contributed by atoms with Gasteiger partial charge in [-0.2, -0.15) is 0 Å². The molecular formula is C21H19I. The van der Waals surface area contributed by atoms with Crippen LogP contribution in [0.2, 0.25) is 0 Å². The fourth-order valence-electron chi connectivity index (χ4n) is 3.51. The van der Waals surface area contributed by atoms with Crippen molar-refractivity contribution in [3.05, 3.63) is 83.9 Å². The molecule has 0 aliphatic heterocycles. The van der Waals surface area contributed by atoms with Crippen LogP contribution in [-0.2, 0) is 5.41 Å². The molecule has 0 unspecified atom stereocenters. The minimum absolute atomic E-state index is 0. The second-order valence-corrected chi connectivity index (χ2v) is 6.30. The Kier molecular flexibility index (Phi) is 3.85. The van der Waals surface area contributed by atoms with E-state index in [1.807, 2.05) is 0 Å². The molecule has 0 saturated heterocycles. The van der Waals surface area contributed by atoms with Gasteiger partial charge in [-0.3, -0.25) is 0 Å². The molecule has 0 spiro atoms. The van der Waals surface area contributed by atoms with Crippen LogP contribution in [0.15, 0.2) is 72.8 Å². The maximum absolute atomic E-state index is 2.37. The van der Waals surface area contributed by atoms with E-state index in [0.29, 0.717) is 0 Å². The number of fused-ring (bicyclic) bond motifs is 3. The Bertz CT molecular complexity index is 816. The number of hydrogen-bond donors (Lipinski definition) is 0. The van der Waals surface area contributed by atoms with Crippen LogP contribution in [0.3, 0.4) is 0 Å². The molecule has 0 heterocycles. The van der Waals surface area contributed by atoms with Crippen molar-refractivity contribution in [1.29, 1.82) is 0 Å². The average Bonchev–Trinajstić information content (AvgIpc) is 2.77. The summed E-state index contributed by atoms with van der Waals surface area (Å²) in [5.74, 6) is 0. The maximum Gasteiger partial charge on any atom is 0.0159 e. The van der Waals surface area contributed by atoms with Crippen LogP contribution in [0.25, 0.3) is 22.3 Å². The fraction of sp³-hybridized carbons (Fsp3) is 0.143. The lowest BCUT2D eigenvalue weighted by atomic mass is 9.81. The normalized spacial score (nSPS) is 13.9. The summed E-state index contributed by atoms with van der Waals surface area (Å²) >= 11 is 0. The molecule has 0 nitrogen and oxygen atoms in total. The second kappa shape index (κ2) is 5.54. The first-order valence-electron chi connectivity index (χ1n) is 7.48. The minimum atomic E-state index is 0. The topological polar surface area (TPSA) is 0 Å². The zero-order valence-corrected chi connectivity index (χ0v) is 15.2. The van der Waals surface area contributed by atoms with E-state index in [-0.39, 0.29) is 29.4 Å². The Hall–Kier alpha value is -1.61. The number of halogens is 1. The Morgan fingerprint density at radius 1 is 0.591 bits per heavy atom. The molecule has 22 heavy (non-hydrogen) atoms. The molecule has 4 rings (SSSR count). The molecule has 0 amide bonds. The summed E-state index contributed by atoms with van der Waals surface area (Å²) in [6.07, 6.45) is 0. The molecule has 0 aromatic heterocycles. The third-order valence-corrected chi connectivity index (χ3v) is 4.69. The highest BCUT2D eigenvalue weighted by Gasteiger charge is 2.35. The minimum Gasteiger partial charge on any atom is -0.107 e. The van der Waals surface area contributed by atoms with Gasteiger partial charge in [0, 0.05) is 5.41 Å². The molecule has 3 aromatic rings. The highest BCUT2D eigenvalue weighted by Crippen LogP contribution is 2.49. The van der Waals surface area contributed by atoms with Crippen molar-refractivity contribution >= 4 is 24.0 Å². The fourth-order valence-corrected chi connectivity index (χ4v) is 3.51. The molecule has 0 bridgehead atoms. The van der Waals surface area contributed by atoms with Gasteiger partial charge in [0.15, 0.2) is 0 Å². The van der Waals surface area contributed by atoms with Crippen molar-refractivity contribution in [2.24, 2.45) is 0 Å². The molecule has 110 valence electrons. The standard InChI is InChI=1S/C21H18.HI/c1-21(2)19-11-7-6-10-17(19)18-13-12-16(14-20(18)21)15-8-4-3-5-9-15;/h3-14H,1-2H3;1H. The second-order valence-electron chi connectivity index (χ2n) is 6.30. The van der Waals surface area contributed by atoms with E-state index in [9.17, 15) is 0 Å². The van der Waals surface area contributed by atoms with E-state index in [4.69, 9.17) is 0 Å². The van der Waals surface area contributed by atoms with Crippen LogP contribution in [0, 0.1) is 0 Å². The third kappa shape index (κ3) is 2.19. The number of rotatable bonds is 1. The Morgan fingerprint density at radius 3 is 2.00 bits per heavy atom. The SMILES string of the molecule is CC1(C)c2ccccc2-c2ccc(-c3ccccc3)cc21.I. The van der Waals surface area contributed by atoms with Gasteiger partial charge in [-0.15, -0.1) is 24.0 Å². The first-order chi connectivity index (χ1) is 10.2. The largest absolute Gasteiger partial charge is 0.107 e. The van der Waals surface area contributed by atoms with Gasteiger partial charge in [0.1, 0.15) is 0 Å². The van der Waals surface area contributed by atoms with Crippen LogP contribution in [0.1, 0.15) is 25.0 Å². The van der Waals surface area contributed by atoms with Crippen molar-refractivity contribution < 1.29 is 0 Å². The third-order valence-electron chi connectivity index (χ3n) is 4.69. The molecule has 3 aromatic carbocycles. The van der Waals surface area contributed by atoms with Gasteiger partial charge in [0.25, 0.3) is 0 Å². The van der Waals surface area contributed by atoms with Gasteiger partial charge < -0.3 is 0 Å². The molecule has 0 fully saturated rings. The molecule has 1 aliphatic carbocycles. The molecule has 0 saturated carbocycles. The van der Waals surface area contributed by atoms with Gasteiger partial charge in [0.05, 0.1) is 0 Å². The van der Waals surface area contributed by atoms with Gasteiger partial charge in [0.2, 0.25) is 0 Å². The lowest BCUT2D eigenvalue weighted by Crippen LogP contribution is -2.14. The Balaban J connectivity index is 0.00000144.